The minimum Gasteiger partial charge on any atom is -0.478 e. The van der Waals surface area contributed by atoms with E-state index < -0.39 is 23.7 Å². The summed E-state index contributed by atoms with van der Waals surface area (Å²) in [5.74, 6) is -3.03. The van der Waals surface area contributed by atoms with E-state index >= 15 is 0 Å². The van der Waals surface area contributed by atoms with Crippen LogP contribution >= 0.6 is 0 Å². The fourth-order valence-electron chi connectivity index (χ4n) is 0.917. The van der Waals surface area contributed by atoms with Gasteiger partial charge in [-0.05, 0) is 32.9 Å². The summed E-state index contributed by atoms with van der Waals surface area (Å²) in [5, 5.41) is 8.38. The van der Waals surface area contributed by atoms with Crippen molar-refractivity contribution < 1.29 is 32.6 Å². The summed E-state index contributed by atoms with van der Waals surface area (Å²) in [6, 6.07) is 8.30. The predicted molar refractivity (Wildman–Crippen MR) is 65.3 cm³/mol. The van der Waals surface area contributed by atoms with E-state index in [0.29, 0.717) is 5.56 Å². The van der Waals surface area contributed by atoms with Gasteiger partial charge >= 0.3 is 18.1 Å². The molecule has 0 aliphatic heterocycles. The van der Waals surface area contributed by atoms with Crippen molar-refractivity contribution in [3.63, 3.8) is 0 Å². The van der Waals surface area contributed by atoms with Crippen LogP contribution in [0.2, 0.25) is 0 Å². The summed E-state index contributed by atoms with van der Waals surface area (Å²) in [4.78, 5) is 20.3. The highest BCUT2D eigenvalue weighted by molar-refractivity contribution is 5.87. The highest BCUT2D eigenvalue weighted by Crippen LogP contribution is 2.20. The Labute approximate surface area is 114 Å². The Morgan fingerprint density at radius 2 is 1.50 bits per heavy atom. The number of hydrogen-bond acceptors (Lipinski definition) is 3. The number of benzene rings is 1. The summed E-state index contributed by atoms with van der Waals surface area (Å²) < 4.78 is 38.6. The lowest BCUT2D eigenvalue weighted by Gasteiger charge is -2.19. The summed E-state index contributed by atoms with van der Waals surface area (Å²) in [7, 11) is 0. The molecule has 0 aromatic heterocycles. The second-order valence-electron chi connectivity index (χ2n) is 4.67. The van der Waals surface area contributed by atoms with Gasteiger partial charge in [0.05, 0.1) is 5.56 Å². The molecule has 1 N–H and O–H groups in total. The maximum atomic E-state index is 11.5. The number of rotatable bonds is 1. The van der Waals surface area contributed by atoms with E-state index in [0.717, 1.165) is 0 Å². The molecule has 0 spiro atoms. The molecule has 0 atom stereocenters. The third-order valence-electron chi connectivity index (χ3n) is 1.65. The molecule has 0 fully saturated rings. The molecule has 7 heteroatoms. The van der Waals surface area contributed by atoms with Gasteiger partial charge in [0.15, 0.2) is 0 Å². The molecular weight excluding hydrogens is 277 g/mol. The van der Waals surface area contributed by atoms with E-state index in [-0.39, 0.29) is 0 Å². The van der Waals surface area contributed by atoms with Crippen LogP contribution in [0.3, 0.4) is 0 Å². The lowest BCUT2D eigenvalue weighted by Crippen LogP contribution is -2.33. The van der Waals surface area contributed by atoms with Crippen LogP contribution in [0.1, 0.15) is 31.1 Å². The Bertz CT molecular complexity index is 447. The van der Waals surface area contributed by atoms with E-state index in [4.69, 9.17) is 5.11 Å². The molecule has 0 amide bonds. The van der Waals surface area contributed by atoms with Gasteiger partial charge in [0.1, 0.15) is 5.60 Å². The molecule has 1 aromatic carbocycles. The van der Waals surface area contributed by atoms with Crippen LogP contribution < -0.4 is 0 Å². The molecule has 4 nitrogen and oxygen atoms in total. The van der Waals surface area contributed by atoms with E-state index in [2.05, 4.69) is 4.74 Å². The van der Waals surface area contributed by atoms with Crippen LogP contribution in [0, 0.1) is 0 Å². The number of hydrogen-bond donors (Lipinski definition) is 1. The van der Waals surface area contributed by atoms with Crippen LogP contribution in [0.15, 0.2) is 30.3 Å². The maximum Gasteiger partial charge on any atom is 0.490 e. The number of carboxylic acid groups (broad SMARTS) is 1. The van der Waals surface area contributed by atoms with Crippen molar-refractivity contribution >= 4 is 11.9 Å². The second kappa shape index (κ2) is 6.93. The van der Waals surface area contributed by atoms with Gasteiger partial charge in [0.2, 0.25) is 0 Å². The van der Waals surface area contributed by atoms with Crippen LogP contribution in [-0.4, -0.2) is 28.8 Å². The van der Waals surface area contributed by atoms with Crippen LogP contribution in [0.4, 0.5) is 13.2 Å². The number of carbonyl (C=O) groups is 2. The van der Waals surface area contributed by atoms with Crippen molar-refractivity contribution in [1.82, 2.24) is 0 Å². The Kier molecular flexibility index (Phi) is 6.22. The molecule has 0 aliphatic rings. The first-order chi connectivity index (χ1) is 8.93. The Hall–Kier alpha value is -2.05. The number of carboxylic acids is 1. The zero-order valence-electron chi connectivity index (χ0n) is 11.2. The summed E-state index contributed by atoms with van der Waals surface area (Å²) >= 11 is 0. The van der Waals surface area contributed by atoms with E-state index in [9.17, 15) is 22.8 Å². The van der Waals surface area contributed by atoms with E-state index in [1.807, 2.05) is 0 Å². The monoisotopic (exact) mass is 292 g/mol. The maximum absolute atomic E-state index is 11.5. The molecule has 0 aliphatic carbocycles. The van der Waals surface area contributed by atoms with Gasteiger partial charge in [-0.2, -0.15) is 13.2 Å². The smallest absolute Gasteiger partial charge is 0.478 e. The van der Waals surface area contributed by atoms with Gasteiger partial charge in [0.25, 0.3) is 0 Å². The molecule has 1 rings (SSSR count). The number of aromatic carboxylic acids is 1. The van der Waals surface area contributed by atoms with Gasteiger partial charge in [-0.3, -0.25) is 0 Å². The first-order valence-electron chi connectivity index (χ1n) is 5.52. The minimum atomic E-state index is -4.90. The fourth-order valence-corrected chi connectivity index (χ4v) is 0.917. The number of carbonyl (C=O) groups excluding carboxylic acids is 1. The number of ether oxygens (including phenoxy) is 1. The van der Waals surface area contributed by atoms with Crippen LogP contribution in [0.25, 0.3) is 0 Å². The molecule has 0 saturated carbocycles. The molecule has 0 bridgehead atoms. The zero-order valence-corrected chi connectivity index (χ0v) is 11.2. The number of halogens is 3. The molecule has 1 aromatic rings. The van der Waals surface area contributed by atoms with E-state index in [1.165, 1.54) is 20.8 Å². The lowest BCUT2D eigenvalue weighted by atomic mass is 10.2. The normalized spacial score (nSPS) is 11.1. The lowest BCUT2D eigenvalue weighted by molar-refractivity contribution is -0.210. The molecule has 0 unspecified atom stereocenters. The van der Waals surface area contributed by atoms with Crippen molar-refractivity contribution in [2.45, 2.75) is 32.5 Å². The molecule has 0 saturated heterocycles. The van der Waals surface area contributed by atoms with Crippen molar-refractivity contribution in [1.29, 1.82) is 0 Å². The van der Waals surface area contributed by atoms with Crippen molar-refractivity contribution in [3.8, 4) is 0 Å². The van der Waals surface area contributed by atoms with Crippen LogP contribution in [0.5, 0.6) is 0 Å². The molecular formula is C13H15F3O4. The van der Waals surface area contributed by atoms with Gasteiger partial charge in [0, 0.05) is 0 Å². The quantitative estimate of drug-likeness (QED) is 0.807. The average Bonchev–Trinajstić information content (AvgIpc) is 2.27. The topological polar surface area (TPSA) is 63.6 Å². The SMILES string of the molecule is CC(C)(C)OC(=O)C(F)(F)F.O=C(O)c1ccccc1. The summed E-state index contributed by atoms with van der Waals surface area (Å²) in [5.41, 5.74) is -0.760. The van der Waals surface area contributed by atoms with Gasteiger partial charge in [-0.1, -0.05) is 18.2 Å². The van der Waals surface area contributed by atoms with Crippen molar-refractivity contribution in [3.05, 3.63) is 35.9 Å². The van der Waals surface area contributed by atoms with Gasteiger partial charge in [-0.15, -0.1) is 0 Å². The Morgan fingerprint density at radius 3 is 1.70 bits per heavy atom. The first kappa shape index (κ1) is 17.9. The average molecular weight is 292 g/mol. The Balaban J connectivity index is 0.000000367. The molecule has 20 heavy (non-hydrogen) atoms. The van der Waals surface area contributed by atoms with Crippen LogP contribution in [-0.2, 0) is 9.53 Å². The van der Waals surface area contributed by atoms with Gasteiger partial charge in [-0.25, -0.2) is 9.59 Å². The number of esters is 1. The minimum absolute atomic E-state index is 0.331. The molecule has 112 valence electrons. The van der Waals surface area contributed by atoms with Crippen molar-refractivity contribution in [2.24, 2.45) is 0 Å². The number of alkyl halides is 3. The Morgan fingerprint density at radius 1 is 1.05 bits per heavy atom. The summed E-state index contributed by atoms with van der Waals surface area (Å²) in [6.45, 7) is 4.12. The predicted octanol–water partition coefficient (Wildman–Crippen LogP) is 3.28. The van der Waals surface area contributed by atoms with E-state index in [1.54, 1.807) is 30.3 Å². The largest absolute Gasteiger partial charge is 0.490 e. The standard InChI is InChI=1S/C7H6O2.C6H9F3O2/c8-7(9)6-4-2-1-3-5-6;1-5(2,3)11-4(10)6(7,8)9/h1-5H,(H,8,9);1-3H3. The highest BCUT2D eigenvalue weighted by atomic mass is 19.4. The third-order valence-corrected chi connectivity index (χ3v) is 1.65. The zero-order chi connectivity index (χ0) is 16.0. The second-order valence-corrected chi connectivity index (χ2v) is 4.67. The van der Waals surface area contributed by atoms with Crippen molar-refractivity contribution in [2.75, 3.05) is 0 Å². The highest BCUT2D eigenvalue weighted by Gasteiger charge is 2.42. The molecule has 0 heterocycles. The fraction of sp³-hybridized carbons (Fsp3) is 0.385. The first-order valence-corrected chi connectivity index (χ1v) is 5.52. The van der Waals surface area contributed by atoms with Gasteiger partial charge < -0.3 is 9.84 Å². The molecule has 0 radical (unpaired) electrons. The summed E-state index contributed by atoms with van der Waals surface area (Å²) in [6.07, 6.45) is -4.90. The third kappa shape index (κ3) is 8.12.